The SMILES string of the molecule is CCOc1ccc(NC(=NC)NCCS(=O)(=O)NCC2CCC2)cc1OC.I. The third kappa shape index (κ3) is 8.00. The van der Waals surface area contributed by atoms with Gasteiger partial charge in [0.15, 0.2) is 17.5 Å². The molecule has 0 bridgehead atoms. The summed E-state index contributed by atoms with van der Waals surface area (Å²) in [6.45, 7) is 3.26. The number of nitrogens with zero attached hydrogens (tertiary/aromatic N) is 1. The molecule has 0 saturated heterocycles. The highest BCUT2D eigenvalue weighted by Crippen LogP contribution is 2.30. The second kappa shape index (κ2) is 12.3. The Morgan fingerprint density at radius 3 is 2.61 bits per heavy atom. The van der Waals surface area contributed by atoms with Crippen LogP contribution >= 0.6 is 24.0 Å². The Hall–Kier alpha value is -1.27. The first-order chi connectivity index (χ1) is 13.0. The molecule has 10 heteroatoms. The Balaban J connectivity index is 0.00000392. The molecule has 0 heterocycles. The molecule has 1 aromatic carbocycles. The Bertz CT molecular complexity index is 739. The van der Waals surface area contributed by atoms with Gasteiger partial charge in [-0.25, -0.2) is 13.1 Å². The zero-order valence-corrected chi connectivity index (χ0v) is 19.8. The predicted molar refractivity (Wildman–Crippen MR) is 124 cm³/mol. The number of anilines is 1. The average Bonchev–Trinajstić information content (AvgIpc) is 2.60. The van der Waals surface area contributed by atoms with E-state index in [4.69, 9.17) is 9.47 Å². The number of hydrogen-bond donors (Lipinski definition) is 3. The number of hydrogen-bond acceptors (Lipinski definition) is 5. The van der Waals surface area contributed by atoms with Crippen molar-refractivity contribution in [2.75, 3.05) is 44.9 Å². The molecule has 0 unspecified atom stereocenters. The number of aliphatic imine (C=N–C) groups is 1. The summed E-state index contributed by atoms with van der Waals surface area (Å²) in [5, 5.41) is 6.13. The Labute approximate surface area is 184 Å². The highest BCUT2D eigenvalue weighted by Gasteiger charge is 2.20. The van der Waals surface area contributed by atoms with Gasteiger partial charge < -0.3 is 20.1 Å². The van der Waals surface area contributed by atoms with E-state index >= 15 is 0 Å². The minimum Gasteiger partial charge on any atom is -0.493 e. The first kappa shape index (κ1) is 24.8. The third-order valence-corrected chi connectivity index (χ3v) is 5.78. The second-order valence-electron chi connectivity index (χ2n) is 6.39. The van der Waals surface area contributed by atoms with Crippen LogP contribution in [0.15, 0.2) is 23.2 Å². The molecule has 160 valence electrons. The van der Waals surface area contributed by atoms with Crippen LogP contribution in [0.3, 0.4) is 0 Å². The lowest BCUT2D eigenvalue weighted by molar-refractivity contribution is 0.311. The van der Waals surface area contributed by atoms with Gasteiger partial charge in [0.05, 0.1) is 19.5 Å². The van der Waals surface area contributed by atoms with Crippen LogP contribution < -0.4 is 24.8 Å². The average molecular weight is 526 g/mol. The van der Waals surface area contributed by atoms with Crippen molar-refractivity contribution in [3.8, 4) is 11.5 Å². The normalized spacial score (nSPS) is 14.6. The van der Waals surface area contributed by atoms with E-state index in [0.717, 1.165) is 18.5 Å². The molecule has 0 aromatic heterocycles. The molecular weight excluding hydrogens is 495 g/mol. The van der Waals surface area contributed by atoms with Gasteiger partial charge in [-0.05, 0) is 37.8 Å². The summed E-state index contributed by atoms with van der Waals surface area (Å²) < 4.78 is 37.6. The summed E-state index contributed by atoms with van der Waals surface area (Å²) in [4.78, 5) is 4.12. The molecular formula is C18H31IN4O4S. The quantitative estimate of drug-likeness (QED) is 0.246. The fourth-order valence-corrected chi connectivity index (χ4v) is 3.66. The number of sulfonamides is 1. The van der Waals surface area contributed by atoms with Crippen molar-refractivity contribution in [2.45, 2.75) is 26.2 Å². The van der Waals surface area contributed by atoms with Crippen LogP contribution in [0.2, 0.25) is 0 Å². The number of methoxy groups -OCH3 is 1. The van der Waals surface area contributed by atoms with E-state index in [-0.39, 0.29) is 36.3 Å². The molecule has 1 aromatic rings. The maximum absolute atomic E-state index is 12.0. The molecule has 0 radical (unpaired) electrons. The number of rotatable bonds is 10. The van der Waals surface area contributed by atoms with E-state index in [0.29, 0.717) is 36.5 Å². The topological polar surface area (TPSA) is 101 Å². The molecule has 0 amide bonds. The summed E-state index contributed by atoms with van der Waals surface area (Å²) in [6.07, 6.45) is 3.43. The van der Waals surface area contributed by atoms with Crippen molar-refractivity contribution < 1.29 is 17.9 Å². The van der Waals surface area contributed by atoms with Crippen molar-refractivity contribution in [1.82, 2.24) is 10.0 Å². The molecule has 8 nitrogen and oxygen atoms in total. The van der Waals surface area contributed by atoms with E-state index in [1.54, 1.807) is 20.2 Å². The summed E-state index contributed by atoms with van der Waals surface area (Å²) in [7, 11) is -0.0750. The minimum atomic E-state index is -3.28. The summed E-state index contributed by atoms with van der Waals surface area (Å²) in [5.41, 5.74) is 0.759. The zero-order valence-electron chi connectivity index (χ0n) is 16.7. The van der Waals surface area contributed by atoms with E-state index in [2.05, 4.69) is 20.3 Å². The molecule has 1 aliphatic rings. The second-order valence-corrected chi connectivity index (χ2v) is 8.31. The summed E-state index contributed by atoms with van der Waals surface area (Å²) >= 11 is 0. The van der Waals surface area contributed by atoms with Gasteiger partial charge in [0, 0.05) is 31.9 Å². The van der Waals surface area contributed by atoms with Gasteiger partial charge >= 0.3 is 0 Å². The molecule has 2 rings (SSSR count). The molecule has 1 fully saturated rings. The number of guanidine groups is 1. The number of ether oxygens (including phenoxy) is 2. The maximum Gasteiger partial charge on any atom is 0.213 e. The zero-order chi connectivity index (χ0) is 19.7. The number of halogens is 1. The van der Waals surface area contributed by atoms with Gasteiger partial charge in [-0.3, -0.25) is 4.99 Å². The van der Waals surface area contributed by atoms with E-state index < -0.39 is 10.0 Å². The number of nitrogens with one attached hydrogen (secondary N) is 3. The van der Waals surface area contributed by atoms with Crippen LogP contribution in [0.4, 0.5) is 5.69 Å². The van der Waals surface area contributed by atoms with Crippen LogP contribution in [0.25, 0.3) is 0 Å². The van der Waals surface area contributed by atoms with Crippen molar-refractivity contribution in [2.24, 2.45) is 10.9 Å². The van der Waals surface area contributed by atoms with Gasteiger partial charge in [-0.15, -0.1) is 24.0 Å². The molecule has 0 spiro atoms. The highest BCUT2D eigenvalue weighted by molar-refractivity contribution is 14.0. The first-order valence-corrected chi connectivity index (χ1v) is 10.9. The monoisotopic (exact) mass is 526 g/mol. The first-order valence-electron chi connectivity index (χ1n) is 9.23. The van der Waals surface area contributed by atoms with Gasteiger partial charge in [-0.1, -0.05) is 6.42 Å². The third-order valence-electron chi connectivity index (χ3n) is 4.43. The van der Waals surface area contributed by atoms with Crippen LogP contribution in [0.1, 0.15) is 26.2 Å². The Morgan fingerprint density at radius 1 is 1.29 bits per heavy atom. The Kier molecular flexibility index (Phi) is 10.9. The molecule has 0 aliphatic heterocycles. The fraction of sp³-hybridized carbons (Fsp3) is 0.611. The van der Waals surface area contributed by atoms with Crippen molar-refractivity contribution in [3.63, 3.8) is 0 Å². The molecule has 1 aliphatic carbocycles. The fourth-order valence-electron chi connectivity index (χ4n) is 2.65. The number of benzene rings is 1. The molecule has 28 heavy (non-hydrogen) atoms. The van der Waals surface area contributed by atoms with Crippen LogP contribution in [0.5, 0.6) is 11.5 Å². The van der Waals surface area contributed by atoms with Crippen molar-refractivity contribution in [3.05, 3.63) is 18.2 Å². The minimum absolute atomic E-state index is 0. The van der Waals surface area contributed by atoms with Gasteiger partial charge in [-0.2, -0.15) is 0 Å². The smallest absolute Gasteiger partial charge is 0.213 e. The highest BCUT2D eigenvalue weighted by atomic mass is 127. The van der Waals surface area contributed by atoms with E-state index in [1.807, 2.05) is 19.1 Å². The maximum atomic E-state index is 12.0. The van der Waals surface area contributed by atoms with Crippen LogP contribution in [-0.4, -0.2) is 54.0 Å². The van der Waals surface area contributed by atoms with E-state index in [9.17, 15) is 8.42 Å². The van der Waals surface area contributed by atoms with Crippen LogP contribution in [0, 0.1) is 5.92 Å². The summed E-state index contributed by atoms with van der Waals surface area (Å²) in [6, 6.07) is 5.46. The Morgan fingerprint density at radius 2 is 2.04 bits per heavy atom. The van der Waals surface area contributed by atoms with Crippen molar-refractivity contribution in [1.29, 1.82) is 0 Å². The van der Waals surface area contributed by atoms with Crippen molar-refractivity contribution >= 4 is 45.6 Å². The summed E-state index contributed by atoms with van der Waals surface area (Å²) in [5.74, 6) is 2.25. The van der Waals surface area contributed by atoms with Crippen LogP contribution in [-0.2, 0) is 10.0 Å². The van der Waals surface area contributed by atoms with Gasteiger partial charge in [0.25, 0.3) is 0 Å². The molecule has 1 saturated carbocycles. The predicted octanol–water partition coefficient (Wildman–Crippen LogP) is 2.42. The standard InChI is InChI=1S/C18H30N4O4S.HI/c1-4-26-16-9-8-15(12-17(16)25-3)22-18(19-2)20-10-11-27(23,24)21-13-14-6-5-7-14;/h8-9,12,14,21H,4-7,10-11,13H2,1-3H3,(H2,19,20,22);1H. The lowest BCUT2D eigenvalue weighted by Crippen LogP contribution is -2.39. The lowest BCUT2D eigenvalue weighted by atomic mass is 9.86. The van der Waals surface area contributed by atoms with Gasteiger partial charge in [0.1, 0.15) is 0 Å². The molecule has 0 atom stereocenters. The molecule has 3 N–H and O–H groups in total. The largest absolute Gasteiger partial charge is 0.493 e. The lowest BCUT2D eigenvalue weighted by Gasteiger charge is -2.25. The van der Waals surface area contributed by atoms with E-state index in [1.165, 1.54) is 6.42 Å². The van der Waals surface area contributed by atoms with Gasteiger partial charge in [0.2, 0.25) is 10.0 Å².